The molecule has 0 aromatic rings. The molecule has 0 unspecified atom stereocenters. The molecule has 1 N–H and O–H groups in total. The van der Waals surface area contributed by atoms with Crippen LogP contribution in [0.15, 0.2) is 0 Å². The van der Waals surface area contributed by atoms with E-state index in [1.165, 1.54) is 44.9 Å². The van der Waals surface area contributed by atoms with Gasteiger partial charge in [-0.15, -0.1) is 0 Å². The van der Waals surface area contributed by atoms with Gasteiger partial charge in [-0.2, -0.15) is 8.42 Å². The molecule has 0 saturated heterocycles. The molecule has 0 aromatic heterocycles. The monoisotopic (exact) mass is 334 g/mol. The maximum Gasteiger partial charge on any atom is 1.00 e. The molecule has 0 radical (unpaired) electrons. The topological polar surface area (TPSA) is 63.6 Å². The average molecular weight is 335 g/mol. The van der Waals surface area contributed by atoms with Crippen LogP contribution in [0.1, 0.15) is 72.6 Å². The smallest absolute Gasteiger partial charge is 1.00 e. The molecule has 0 amide bonds. The van der Waals surface area contributed by atoms with Crippen molar-refractivity contribution < 1.29 is 70.5 Å². The fraction of sp³-hybridized carbons (Fsp3) is 1.00. The van der Waals surface area contributed by atoms with Crippen LogP contribution in [-0.4, -0.2) is 32.5 Å². The number of hydrogen-bond donors (Lipinski definition) is 1. The van der Waals surface area contributed by atoms with Crippen molar-refractivity contribution in [1.82, 2.24) is 0 Å². The summed E-state index contributed by atoms with van der Waals surface area (Å²) in [5.41, 5.74) is 0. The summed E-state index contributed by atoms with van der Waals surface area (Å²) in [5.74, 6) is -0.301. The minimum atomic E-state index is -3.49. The quantitative estimate of drug-likeness (QED) is 0.283. The summed E-state index contributed by atoms with van der Waals surface area (Å²) in [5, 5.41) is 8.52. The molecule has 20 heavy (non-hydrogen) atoms. The molecule has 0 spiro atoms. The van der Waals surface area contributed by atoms with Gasteiger partial charge in [-0.3, -0.25) is 4.18 Å². The summed E-state index contributed by atoms with van der Waals surface area (Å²) in [4.78, 5) is 0. The molecule has 0 atom stereocenters. The Morgan fingerprint density at radius 1 is 0.900 bits per heavy atom. The zero-order valence-electron chi connectivity index (χ0n) is 14.3. The summed E-state index contributed by atoms with van der Waals surface area (Å²) in [7, 11) is -3.49. The molecule has 0 aliphatic rings. The summed E-state index contributed by atoms with van der Waals surface area (Å²) < 4.78 is 27.0. The van der Waals surface area contributed by atoms with Crippen molar-refractivity contribution in [2.75, 3.05) is 19.0 Å². The van der Waals surface area contributed by atoms with Crippen LogP contribution in [0.25, 0.3) is 0 Å². The van der Waals surface area contributed by atoms with E-state index >= 15 is 0 Å². The summed E-state index contributed by atoms with van der Waals surface area (Å²) >= 11 is 0. The summed E-state index contributed by atoms with van der Waals surface area (Å²) in [6.45, 7) is 2.10. The van der Waals surface area contributed by atoms with E-state index in [9.17, 15) is 8.42 Å². The second-order valence-corrected chi connectivity index (χ2v) is 6.75. The third-order valence-corrected chi connectivity index (χ3v) is 4.31. The molecule has 0 fully saturated rings. The van der Waals surface area contributed by atoms with Gasteiger partial charge in [-0.05, 0) is 6.42 Å². The minimum Gasteiger partial charge on any atom is -1.00 e. The number of aliphatic hydroxyl groups excluding tert-OH is 1. The molecular weight excluding hydrogens is 303 g/mol. The van der Waals surface area contributed by atoms with Gasteiger partial charge in [0.05, 0.1) is 19.0 Å². The second kappa shape index (κ2) is 16.9. The molecule has 0 heterocycles. The predicted octanol–water partition coefficient (Wildman–Crippen LogP) is 0.363. The molecule has 0 aliphatic carbocycles. The zero-order valence-corrected chi connectivity index (χ0v) is 17.2. The molecule has 0 saturated carbocycles. The van der Waals surface area contributed by atoms with Crippen LogP contribution in [0, 0.1) is 0 Å². The largest absolute Gasteiger partial charge is 1.00 e. The summed E-state index contributed by atoms with van der Waals surface area (Å²) in [6.07, 6.45) is 12.1. The van der Waals surface area contributed by atoms with E-state index in [0.29, 0.717) is 0 Å². The van der Waals surface area contributed by atoms with Crippen molar-refractivity contribution in [3.05, 3.63) is 0 Å². The molecule has 0 rings (SSSR count). The van der Waals surface area contributed by atoms with E-state index in [4.69, 9.17) is 9.29 Å². The number of hydrogen-bond acceptors (Lipinski definition) is 4. The SMILES string of the molecule is CCCCCCCCCCCCOS(=O)(=O)CCO.[H-].[K+]. The van der Waals surface area contributed by atoms with Crippen molar-refractivity contribution in [1.29, 1.82) is 0 Å². The first-order chi connectivity index (χ1) is 9.12. The van der Waals surface area contributed by atoms with Crippen molar-refractivity contribution in [2.24, 2.45) is 0 Å². The maximum atomic E-state index is 11.1. The maximum absolute atomic E-state index is 11.1. The summed E-state index contributed by atoms with van der Waals surface area (Å²) in [6, 6.07) is 0. The molecule has 0 aromatic carbocycles. The van der Waals surface area contributed by atoms with Crippen LogP contribution < -0.4 is 51.4 Å². The third-order valence-electron chi connectivity index (χ3n) is 3.10. The van der Waals surface area contributed by atoms with Gasteiger partial charge in [0.1, 0.15) is 0 Å². The van der Waals surface area contributed by atoms with Crippen molar-refractivity contribution in [3.63, 3.8) is 0 Å². The number of aliphatic hydroxyl groups is 1. The second-order valence-electron chi connectivity index (χ2n) is 4.99. The minimum absolute atomic E-state index is 0. The van der Waals surface area contributed by atoms with Crippen LogP contribution >= 0.6 is 0 Å². The first kappa shape index (κ1) is 23.8. The van der Waals surface area contributed by atoms with Gasteiger partial charge in [0.25, 0.3) is 10.1 Å². The van der Waals surface area contributed by atoms with E-state index in [-0.39, 0.29) is 71.8 Å². The van der Waals surface area contributed by atoms with Crippen LogP contribution in [0.3, 0.4) is 0 Å². The molecule has 6 heteroatoms. The van der Waals surface area contributed by atoms with Gasteiger partial charge in [0, 0.05) is 0 Å². The zero-order chi connectivity index (χ0) is 14.4. The van der Waals surface area contributed by atoms with Gasteiger partial charge in [0.2, 0.25) is 0 Å². The molecule has 4 nitrogen and oxygen atoms in total. The normalized spacial score (nSPS) is 11.3. The molecular formula is C14H31KO4S. The van der Waals surface area contributed by atoms with Gasteiger partial charge < -0.3 is 6.53 Å². The Kier molecular flexibility index (Phi) is 20.0. The predicted molar refractivity (Wildman–Crippen MR) is 79.8 cm³/mol. The average Bonchev–Trinajstić information content (AvgIpc) is 2.36. The van der Waals surface area contributed by atoms with Gasteiger partial charge in [0.15, 0.2) is 0 Å². The van der Waals surface area contributed by atoms with E-state index in [2.05, 4.69) is 6.92 Å². The Morgan fingerprint density at radius 2 is 1.35 bits per heavy atom. The van der Waals surface area contributed by atoms with E-state index in [1.54, 1.807) is 0 Å². The van der Waals surface area contributed by atoms with Crippen LogP contribution in [0.2, 0.25) is 0 Å². The standard InChI is InChI=1S/C14H30O4S.K.H/c1-2-3-4-5-6-7-8-9-10-11-13-18-19(16,17)14-12-15;;/h15H,2-14H2,1H3;;/q;+1;-1. The number of rotatable bonds is 14. The van der Waals surface area contributed by atoms with Gasteiger partial charge in [-0.1, -0.05) is 64.7 Å². The fourth-order valence-electron chi connectivity index (χ4n) is 1.95. The Morgan fingerprint density at radius 3 is 1.80 bits per heavy atom. The van der Waals surface area contributed by atoms with Crippen molar-refractivity contribution in [2.45, 2.75) is 71.1 Å². The third kappa shape index (κ3) is 17.6. The molecule has 0 aliphatic heterocycles. The Bertz CT molecular complexity index is 287. The number of unbranched alkanes of at least 4 members (excludes halogenated alkanes) is 9. The fourth-order valence-corrected chi connectivity index (χ4v) is 2.66. The Hall–Kier alpha value is 1.51. The van der Waals surface area contributed by atoms with E-state index in [1.807, 2.05) is 0 Å². The van der Waals surface area contributed by atoms with Crippen molar-refractivity contribution in [3.8, 4) is 0 Å². The first-order valence-electron chi connectivity index (χ1n) is 7.60. The van der Waals surface area contributed by atoms with Crippen molar-refractivity contribution >= 4 is 10.1 Å². The Balaban J connectivity index is -0.00000162. The van der Waals surface area contributed by atoms with Crippen LogP contribution in [0.5, 0.6) is 0 Å². The molecule has 0 bridgehead atoms. The first-order valence-corrected chi connectivity index (χ1v) is 9.18. The van der Waals surface area contributed by atoms with E-state index < -0.39 is 10.1 Å². The van der Waals surface area contributed by atoms with Crippen LogP contribution in [0.4, 0.5) is 0 Å². The van der Waals surface area contributed by atoms with Gasteiger partial charge in [-0.25, -0.2) is 0 Å². The van der Waals surface area contributed by atoms with Crippen LogP contribution in [-0.2, 0) is 14.3 Å². The Labute approximate surface area is 169 Å². The van der Waals surface area contributed by atoms with E-state index in [0.717, 1.165) is 19.3 Å². The molecule has 118 valence electrons. The van der Waals surface area contributed by atoms with Gasteiger partial charge >= 0.3 is 51.4 Å².